The summed E-state index contributed by atoms with van der Waals surface area (Å²) in [6, 6.07) is 3.87. The number of halogens is 1. The molecule has 0 atom stereocenters. The largest absolute Gasteiger partial charge is 0.312 e. The predicted octanol–water partition coefficient (Wildman–Crippen LogP) is 3.01. The Hall–Kier alpha value is -0.600. The van der Waals surface area contributed by atoms with E-state index in [1.807, 2.05) is 18.3 Å². The minimum Gasteiger partial charge on any atom is -0.312 e. The first kappa shape index (κ1) is 10.9. The molecule has 2 nitrogen and oxygen atoms in total. The summed E-state index contributed by atoms with van der Waals surface area (Å²) in [7, 11) is 0. The average molecular weight is 225 g/mol. The van der Waals surface area contributed by atoms with Crippen LogP contribution in [0.4, 0.5) is 0 Å². The van der Waals surface area contributed by atoms with Gasteiger partial charge >= 0.3 is 0 Å². The lowest BCUT2D eigenvalue weighted by Crippen LogP contribution is -2.20. The van der Waals surface area contributed by atoms with Gasteiger partial charge in [-0.25, -0.2) is 4.98 Å². The average Bonchev–Trinajstić information content (AvgIpc) is 2.74. The maximum Gasteiger partial charge on any atom is 0.129 e. The van der Waals surface area contributed by atoms with Gasteiger partial charge in [0.2, 0.25) is 0 Å². The number of hydrogen-bond donors (Lipinski definition) is 1. The van der Waals surface area contributed by atoms with Gasteiger partial charge in [-0.2, -0.15) is 0 Å². The zero-order valence-electron chi connectivity index (χ0n) is 8.88. The van der Waals surface area contributed by atoms with Gasteiger partial charge in [-0.15, -0.1) is 0 Å². The van der Waals surface area contributed by atoms with E-state index in [1.165, 1.54) is 31.2 Å². The topological polar surface area (TPSA) is 24.9 Å². The number of pyridine rings is 1. The monoisotopic (exact) mass is 224 g/mol. The molecule has 0 radical (unpaired) electrons. The highest BCUT2D eigenvalue weighted by Gasteiger charge is 2.13. The number of hydrogen-bond acceptors (Lipinski definition) is 2. The third-order valence-electron chi connectivity index (χ3n) is 3.03. The van der Waals surface area contributed by atoms with Gasteiger partial charge in [0.15, 0.2) is 0 Å². The van der Waals surface area contributed by atoms with E-state index in [1.54, 1.807) is 0 Å². The minimum atomic E-state index is 0.564. The summed E-state index contributed by atoms with van der Waals surface area (Å²) in [6.07, 6.45) is 7.45. The summed E-state index contributed by atoms with van der Waals surface area (Å²) >= 11 is 5.72. The fraction of sp³-hybridized carbons (Fsp3) is 0.583. The molecular formula is C12H17ClN2. The minimum absolute atomic E-state index is 0.564. The smallest absolute Gasteiger partial charge is 0.129 e. The molecule has 3 heteroatoms. The first-order chi connectivity index (χ1) is 7.34. The van der Waals surface area contributed by atoms with E-state index in [0.717, 1.165) is 19.0 Å². The predicted molar refractivity (Wildman–Crippen MR) is 62.9 cm³/mol. The highest BCUT2D eigenvalue weighted by molar-refractivity contribution is 6.29. The number of nitrogens with zero attached hydrogens (tertiary/aromatic N) is 1. The van der Waals surface area contributed by atoms with Crippen LogP contribution in [0.5, 0.6) is 0 Å². The fourth-order valence-corrected chi connectivity index (χ4v) is 2.26. The van der Waals surface area contributed by atoms with Crippen LogP contribution in [0.1, 0.15) is 31.2 Å². The third kappa shape index (κ3) is 3.47. The zero-order chi connectivity index (χ0) is 10.5. The van der Waals surface area contributed by atoms with Crippen LogP contribution in [0.25, 0.3) is 0 Å². The second-order valence-electron chi connectivity index (χ2n) is 4.27. The normalized spacial score (nSPS) is 17.1. The third-order valence-corrected chi connectivity index (χ3v) is 3.25. The van der Waals surface area contributed by atoms with Crippen molar-refractivity contribution >= 4 is 11.6 Å². The van der Waals surface area contributed by atoms with Crippen LogP contribution in [0, 0.1) is 5.92 Å². The van der Waals surface area contributed by atoms with E-state index in [0.29, 0.717) is 5.15 Å². The first-order valence-electron chi connectivity index (χ1n) is 5.66. The summed E-state index contributed by atoms with van der Waals surface area (Å²) < 4.78 is 0. The summed E-state index contributed by atoms with van der Waals surface area (Å²) in [5, 5.41) is 4.04. The second-order valence-corrected chi connectivity index (χ2v) is 4.66. The highest BCUT2D eigenvalue weighted by Crippen LogP contribution is 2.23. The zero-order valence-corrected chi connectivity index (χ0v) is 9.63. The molecule has 0 bridgehead atoms. The molecule has 1 heterocycles. The molecule has 0 unspecified atom stereocenters. The molecule has 1 aromatic heterocycles. The Kier molecular flexibility index (Phi) is 3.98. The molecule has 82 valence electrons. The van der Waals surface area contributed by atoms with Crippen LogP contribution < -0.4 is 5.32 Å². The van der Waals surface area contributed by atoms with Crippen LogP contribution in [-0.2, 0) is 6.54 Å². The molecule has 2 rings (SSSR count). The fourth-order valence-electron chi connectivity index (χ4n) is 2.15. The van der Waals surface area contributed by atoms with E-state index >= 15 is 0 Å². The standard InChI is InChI=1S/C12H17ClN2/c13-12-6-5-11(9-15-12)8-14-7-10-3-1-2-4-10/h5-6,9-10,14H,1-4,7-8H2. The van der Waals surface area contributed by atoms with Gasteiger partial charge in [-0.1, -0.05) is 30.5 Å². The first-order valence-corrected chi connectivity index (χ1v) is 6.03. The van der Waals surface area contributed by atoms with Crippen molar-refractivity contribution in [1.82, 2.24) is 10.3 Å². The molecule has 1 aliphatic carbocycles. The van der Waals surface area contributed by atoms with Gasteiger partial charge in [-0.05, 0) is 36.9 Å². The van der Waals surface area contributed by atoms with Crippen molar-refractivity contribution in [3.05, 3.63) is 29.0 Å². The summed E-state index contributed by atoms with van der Waals surface area (Å²) in [5.74, 6) is 0.894. The lowest BCUT2D eigenvalue weighted by Gasteiger charge is -2.10. The van der Waals surface area contributed by atoms with Gasteiger partial charge < -0.3 is 5.32 Å². The van der Waals surface area contributed by atoms with E-state index < -0.39 is 0 Å². The number of rotatable bonds is 4. The van der Waals surface area contributed by atoms with Crippen molar-refractivity contribution in [1.29, 1.82) is 0 Å². The number of nitrogens with one attached hydrogen (secondary N) is 1. The van der Waals surface area contributed by atoms with Crippen LogP contribution in [0.3, 0.4) is 0 Å². The van der Waals surface area contributed by atoms with E-state index in [4.69, 9.17) is 11.6 Å². The summed E-state index contributed by atoms with van der Waals surface area (Å²) in [6.45, 7) is 2.04. The highest BCUT2D eigenvalue weighted by atomic mass is 35.5. The Labute approximate surface area is 96.1 Å². The Balaban J connectivity index is 1.71. The molecule has 1 fully saturated rings. The van der Waals surface area contributed by atoms with Crippen molar-refractivity contribution in [3.63, 3.8) is 0 Å². The molecule has 0 aromatic carbocycles. The van der Waals surface area contributed by atoms with Gasteiger partial charge in [0.05, 0.1) is 0 Å². The van der Waals surface area contributed by atoms with Crippen molar-refractivity contribution in [2.75, 3.05) is 6.54 Å². The van der Waals surface area contributed by atoms with Crippen LogP contribution >= 0.6 is 11.6 Å². The molecule has 1 aliphatic rings. The summed E-state index contributed by atoms with van der Waals surface area (Å²) in [5.41, 5.74) is 1.21. The second kappa shape index (κ2) is 5.47. The van der Waals surface area contributed by atoms with Crippen LogP contribution in [0.2, 0.25) is 5.15 Å². The van der Waals surface area contributed by atoms with Crippen molar-refractivity contribution in [2.24, 2.45) is 5.92 Å². The van der Waals surface area contributed by atoms with Crippen molar-refractivity contribution in [2.45, 2.75) is 32.2 Å². The molecule has 1 aromatic rings. The molecule has 1 N–H and O–H groups in total. The molecule has 1 saturated carbocycles. The maximum atomic E-state index is 5.72. The SMILES string of the molecule is Clc1ccc(CNCC2CCCC2)cn1. The van der Waals surface area contributed by atoms with E-state index in [9.17, 15) is 0 Å². The quantitative estimate of drug-likeness (QED) is 0.796. The van der Waals surface area contributed by atoms with Gasteiger partial charge in [-0.3, -0.25) is 0 Å². The van der Waals surface area contributed by atoms with E-state index in [2.05, 4.69) is 10.3 Å². The van der Waals surface area contributed by atoms with Crippen LogP contribution in [0.15, 0.2) is 18.3 Å². The van der Waals surface area contributed by atoms with E-state index in [-0.39, 0.29) is 0 Å². The molecule has 15 heavy (non-hydrogen) atoms. The number of aromatic nitrogens is 1. The lowest BCUT2D eigenvalue weighted by molar-refractivity contribution is 0.489. The Morgan fingerprint density at radius 2 is 2.13 bits per heavy atom. The van der Waals surface area contributed by atoms with Gasteiger partial charge in [0.25, 0.3) is 0 Å². The van der Waals surface area contributed by atoms with Gasteiger partial charge in [0.1, 0.15) is 5.15 Å². The molecule has 0 spiro atoms. The molecule has 0 aliphatic heterocycles. The lowest BCUT2D eigenvalue weighted by atomic mass is 10.1. The van der Waals surface area contributed by atoms with Gasteiger partial charge in [0, 0.05) is 12.7 Å². The molecule has 0 amide bonds. The summed E-state index contributed by atoms with van der Waals surface area (Å²) in [4.78, 5) is 4.05. The van der Waals surface area contributed by atoms with Crippen LogP contribution in [-0.4, -0.2) is 11.5 Å². The Morgan fingerprint density at radius 3 is 2.80 bits per heavy atom. The Bertz CT molecular complexity index is 291. The van der Waals surface area contributed by atoms with Crippen molar-refractivity contribution < 1.29 is 0 Å². The molecule has 0 saturated heterocycles. The Morgan fingerprint density at radius 1 is 1.33 bits per heavy atom. The maximum absolute atomic E-state index is 5.72. The molecular weight excluding hydrogens is 208 g/mol. The van der Waals surface area contributed by atoms with Crippen molar-refractivity contribution in [3.8, 4) is 0 Å².